The normalized spacial score (nSPS) is 30.1. The Hall–Kier alpha value is -0.650. The topological polar surface area (TPSA) is 22.6 Å². The van der Waals surface area contributed by atoms with Crippen molar-refractivity contribution >= 4 is 16.5 Å². The highest BCUT2D eigenvalue weighted by atomic mass is 32.1. The summed E-state index contributed by atoms with van der Waals surface area (Å²) in [5, 5.41) is 3.35. The zero-order chi connectivity index (χ0) is 14.8. The molecule has 0 bridgehead atoms. The van der Waals surface area contributed by atoms with Crippen LogP contribution in [0, 0.1) is 5.92 Å². The Kier molecular flexibility index (Phi) is 4.82. The van der Waals surface area contributed by atoms with Crippen LogP contribution in [0.4, 0.5) is 5.13 Å². The zero-order valence-corrected chi connectivity index (χ0v) is 14.4. The summed E-state index contributed by atoms with van der Waals surface area (Å²) >= 11 is 1.80. The highest BCUT2D eigenvalue weighted by molar-refractivity contribution is 7.13. The number of likely N-dealkylation sites (N-methyl/N-ethyl adjacent to an activating group) is 1. The average Bonchev–Trinajstić information content (AvgIpc) is 3.04. The highest BCUT2D eigenvalue weighted by Crippen LogP contribution is 2.39. The van der Waals surface area contributed by atoms with Crippen molar-refractivity contribution in [3.05, 3.63) is 11.6 Å². The van der Waals surface area contributed by atoms with E-state index in [2.05, 4.69) is 46.1 Å². The van der Waals surface area contributed by atoms with Gasteiger partial charge in [-0.2, -0.15) is 0 Å². The first-order valence-electron chi connectivity index (χ1n) is 8.24. The Balaban J connectivity index is 1.76. The number of aromatic nitrogens is 1. The highest BCUT2D eigenvalue weighted by Gasteiger charge is 2.44. The minimum absolute atomic E-state index is 0.628. The van der Waals surface area contributed by atoms with Crippen LogP contribution in [0.15, 0.2) is 11.6 Å². The van der Waals surface area contributed by atoms with E-state index >= 15 is 0 Å². The van der Waals surface area contributed by atoms with Gasteiger partial charge in [-0.3, -0.25) is 0 Å². The van der Waals surface area contributed by atoms with Crippen molar-refractivity contribution < 1.29 is 0 Å². The van der Waals surface area contributed by atoms with Crippen molar-refractivity contribution in [2.24, 2.45) is 5.92 Å². The second-order valence-electron chi connectivity index (χ2n) is 6.79. The molecule has 5 heteroatoms. The maximum Gasteiger partial charge on any atom is 0.185 e. The number of nitrogens with zero attached hydrogens (tertiary/aromatic N) is 4. The molecule has 0 aromatic carbocycles. The number of hydrogen-bond acceptors (Lipinski definition) is 5. The first-order valence-corrected chi connectivity index (χ1v) is 9.12. The van der Waals surface area contributed by atoms with Crippen molar-refractivity contribution in [3.63, 3.8) is 0 Å². The minimum atomic E-state index is 0.628. The Morgan fingerprint density at radius 2 is 2.29 bits per heavy atom. The maximum absolute atomic E-state index is 4.61. The van der Waals surface area contributed by atoms with Crippen LogP contribution in [0.25, 0.3) is 0 Å². The number of hydrogen-bond donors (Lipinski definition) is 0. The molecule has 0 aliphatic carbocycles. The van der Waals surface area contributed by atoms with Gasteiger partial charge in [0, 0.05) is 43.3 Å². The third-order valence-electron chi connectivity index (χ3n) is 4.86. The van der Waals surface area contributed by atoms with Crippen molar-refractivity contribution in [3.8, 4) is 0 Å². The van der Waals surface area contributed by atoms with Gasteiger partial charge in [-0.05, 0) is 45.8 Å². The molecule has 21 heavy (non-hydrogen) atoms. The molecule has 1 aromatic heterocycles. The van der Waals surface area contributed by atoms with Gasteiger partial charge in [-0.1, -0.05) is 6.92 Å². The summed E-state index contributed by atoms with van der Waals surface area (Å²) in [7, 11) is 4.37. The Bertz CT molecular complexity index is 433. The predicted molar refractivity (Wildman–Crippen MR) is 90.2 cm³/mol. The summed E-state index contributed by atoms with van der Waals surface area (Å²) in [6.07, 6.45) is 5.85. The van der Waals surface area contributed by atoms with Gasteiger partial charge in [0.05, 0.1) is 0 Å². The SMILES string of the molecule is CCCN1CC[C@H]2[C@H](C[C@@H](CN(C)C)N2c2nccs2)C1. The molecular weight excluding hydrogens is 280 g/mol. The van der Waals surface area contributed by atoms with Gasteiger partial charge in [0.15, 0.2) is 5.13 Å². The summed E-state index contributed by atoms with van der Waals surface area (Å²) in [6, 6.07) is 1.33. The van der Waals surface area contributed by atoms with E-state index in [0.717, 1.165) is 12.5 Å². The summed E-state index contributed by atoms with van der Waals surface area (Å²) in [6.45, 7) is 7.23. The van der Waals surface area contributed by atoms with Crippen LogP contribution in [-0.4, -0.2) is 67.1 Å². The number of fused-ring (bicyclic) bond motifs is 1. The molecule has 0 unspecified atom stereocenters. The third kappa shape index (κ3) is 3.25. The second kappa shape index (κ2) is 6.63. The summed E-state index contributed by atoms with van der Waals surface area (Å²) in [5.74, 6) is 0.819. The fraction of sp³-hybridized carbons (Fsp3) is 0.812. The van der Waals surface area contributed by atoms with Crippen LogP contribution >= 0.6 is 11.3 Å². The van der Waals surface area contributed by atoms with Crippen LogP contribution < -0.4 is 4.90 Å². The van der Waals surface area contributed by atoms with Gasteiger partial charge in [-0.25, -0.2) is 4.98 Å². The molecule has 4 nitrogen and oxygen atoms in total. The first kappa shape index (κ1) is 15.3. The van der Waals surface area contributed by atoms with Crippen LogP contribution in [0.5, 0.6) is 0 Å². The van der Waals surface area contributed by atoms with Crippen LogP contribution in [0.3, 0.4) is 0 Å². The maximum atomic E-state index is 4.61. The molecule has 2 aliphatic rings. The number of piperidine rings is 1. The van der Waals surface area contributed by atoms with Gasteiger partial charge in [0.1, 0.15) is 0 Å². The van der Waals surface area contributed by atoms with Crippen LogP contribution in [-0.2, 0) is 0 Å². The molecule has 0 saturated carbocycles. The van der Waals surface area contributed by atoms with Crippen molar-refractivity contribution in [2.45, 2.75) is 38.3 Å². The van der Waals surface area contributed by atoms with E-state index < -0.39 is 0 Å². The predicted octanol–water partition coefficient (Wildman–Crippen LogP) is 2.38. The lowest BCUT2D eigenvalue weighted by molar-refractivity contribution is 0.168. The molecule has 118 valence electrons. The lowest BCUT2D eigenvalue weighted by Gasteiger charge is -2.38. The number of rotatable bonds is 5. The van der Waals surface area contributed by atoms with Crippen LogP contribution in [0.2, 0.25) is 0 Å². The molecule has 2 saturated heterocycles. The third-order valence-corrected chi connectivity index (χ3v) is 5.64. The quantitative estimate of drug-likeness (QED) is 0.833. The molecule has 0 amide bonds. The molecule has 3 heterocycles. The van der Waals surface area contributed by atoms with Crippen molar-refractivity contribution in [2.75, 3.05) is 45.2 Å². The largest absolute Gasteiger partial charge is 0.340 e. The van der Waals surface area contributed by atoms with E-state index in [1.807, 2.05) is 6.20 Å². The molecule has 0 N–H and O–H groups in total. The van der Waals surface area contributed by atoms with E-state index in [9.17, 15) is 0 Å². The molecule has 0 radical (unpaired) electrons. The summed E-state index contributed by atoms with van der Waals surface area (Å²) in [5.41, 5.74) is 0. The Morgan fingerprint density at radius 1 is 1.43 bits per heavy atom. The second-order valence-corrected chi connectivity index (χ2v) is 7.66. The smallest absolute Gasteiger partial charge is 0.185 e. The van der Waals surface area contributed by atoms with E-state index in [4.69, 9.17) is 0 Å². The van der Waals surface area contributed by atoms with Gasteiger partial charge in [0.25, 0.3) is 0 Å². The lowest BCUT2D eigenvalue weighted by atomic mass is 9.92. The molecule has 0 spiro atoms. The Morgan fingerprint density at radius 3 is 2.95 bits per heavy atom. The molecule has 3 rings (SSSR count). The number of likely N-dealkylation sites (tertiary alicyclic amines) is 1. The molecule has 3 atom stereocenters. The van der Waals surface area contributed by atoms with E-state index in [0.29, 0.717) is 12.1 Å². The fourth-order valence-electron chi connectivity index (χ4n) is 4.17. The molecule has 2 aliphatic heterocycles. The summed E-state index contributed by atoms with van der Waals surface area (Å²) < 4.78 is 0. The molecule has 2 fully saturated rings. The fourth-order valence-corrected chi connectivity index (χ4v) is 4.94. The van der Waals surface area contributed by atoms with E-state index in [1.165, 1.54) is 44.0 Å². The number of thiazole rings is 1. The average molecular weight is 308 g/mol. The molecule has 1 aromatic rings. The van der Waals surface area contributed by atoms with Gasteiger partial charge in [0.2, 0.25) is 0 Å². The van der Waals surface area contributed by atoms with E-state index in [1.54, 1.807) is 11.3 Å². The summed E-state index contributed by atoms with van der Waals surface area (Å²) in [4.78, 5) is 12.3. The zero-order valence-electron chi connectivity index (χ0n) is 13.5. The van der Waals surface area contributed by atoms with Crippen LogP contribution in [0.1, 0.15) is 26.2 Å². The minimum Gasteiger partial charge on any atom is -0.340 e. The van der Waals surface area contributed by atoms with E-state index in [-0.39, 0.29) is 0 Å². The van der Waals surface area contributed by atoms with Gasteiger partial charge in [-0.15, -0.1) is 11.3 Å². The molecular formula is C16H28N4S. The monoisotopic (exact) mass is 308 g/mol. The van der Waals surface area contributed by atoms with Crippen molar-refractivity contribution in [1.29, 1.82) is 0 Å². The van der Waals surface area contributed by atoms with Crippen molar-refractivity contribution in [1.82, 2.24) is 14.8 Å². The Labute approximate surface area is 132 Å². The first-order chi connectivity index (χ1) is 10.2. The van der Waals surface area contributed by atoms with Gasteiger partial charge >= 0.3 is 0 Å². The lowest BCUT2D eigenvalue weighted by Crippen LogP contribution is -2.48. The number of anilines is 1. The van der Waals surface area contributed by atoms with Gasteiger partial charge < -0.3 is 14.7 Å². The standard InChI is InChI=1S/C16H28N4S/c1-4-7-19-8-5-15-13(11-19)10-14(12-18(2)3)20(15)16-17-6-9-21-16/h6,9,13-15H,4-5,7-8,10-12H2,1-3H3/t13-,14+,15+/m1/s1.